The van der Waals surface area contributed by atoms with Crippen molar-refractivity contribution in [3.8, 4) is 5.75 Å². The first kappa shape index (κ1) is 22.2. The average molecular weight is 419 g/mol. The lowest BCUT2D eigenvalue weighted by molar-refractivity contribution is -0.156. The first-order valence-electron chi connectivity index (χ1n) is 8.97. The highest BCUT2D eigenvalue weighted by Crippen LogP contribution is 2.11. The molecule has 0 saturated heterocycles. The van der Waals surface area contributed by atoms with Crippen LogP contribution >= 0.6 is 11.6 Å². The zero-order chi connectivity index (χ0) is 21.4. The number of carbonyl (C=O) groups is 3. The Labute approximate surface area is 174 Å². The molecule has 0 fully saturated rings. The van der Waals surface area contributed by atoms with Crippen LogP contribution in [0.3, 0.4) is 0 Å². The molecule has 0 aliphatic rings. The smallest absolute Gasteiger partial charge is 0.329 e. The number of methoxy groups -OCH3 is 1. The van der Waals surface area contributed by atoms with E-state index < -0.39 is 29.9 Å². The molecule has 0 radical (unpaired) electrons. The van der Waals surface area contributed by atoms with E-state index in [0.717, 1.165) is 11.3 Å². The van der Waals surface area contributed by atoms with Gasteiger partial charge in [0.1, 0.15) is 11.8 Å². The number of nitrogens with one attached hydrogen (secondary N) is 2. The van der Waals surface area contributed by atoms with Crippen LogP contribution in [0.25, 0.3) is 0 Å². The molecule has 2 aromatic carbocycles. The minimum atomic E-state index is -1.00. The van der Waals surface area contributed by atoms with E-state index in [-0.39, 0.29) is 6.54 Å². The summed E-state index contributed by atoms with van der Waals surface area (Å²) in [7, 11) is 1.58. The Morgan fingerprint density at radius 1 is 1.00 bits per heavy atom. The summed E-state index contributed by atoms with van der Waals surface area (Å²) in [5.41, 5.74) is 1.24. The molecule has 0 heterocycles. The molecule has 0 aromatic heterocycles. The van der Waals surface area contributed by atoms with Crippen LogP contribution in [0.1, 0.15) is 29.8 Å². The fraction of sp³-hybridized carbons (Fsp3) is 0.286. The van der Waals surface area contributed by atoms with E-state index in [1.54, 1.807) is 43.5 Å². The number of esters is 1. The largest absolute Gasteiger partial charge is 0.497 e. The molecule has 0 unspecified atom stereocenters. The molecule has 0 aliphatic heterocycles. The quantitative estimate of drug-likeness (QED) is 0.643. The van der Waals surface area contributed by atoms with E-state index in [4.69, 9.17) is 21.1 Å². The van der Waals surface area contributed by atoms with Crippen molar-refractivity contribution in [2.24, 2.45) is 0 Å². The zero-order valence-corrected chi connectivity index (χ0v) is 17.2. The molecule has 2 atom stereocenters. The number of hydrogen-bond donors (Lipinski definition) is 2. The van der Waals surface area contributed by atoms with E-state index in [1.807, 2.05) is 12.1 Å². The third-order valence-corrected chi connectivity index (χ3v) is 4.35. The van der Waals surface area contributed by atoms with E-state index in [2.05, 4.69) is 10.6 Å². The van der Waals surface area contributed by atoms with Gasteiger partial charge in [-0.3, -0.25) is 9.59 Å². The molecule has 8 heteroatoms. The van der Waals surface area contributed by atoms with Gasteiger partial charge in [0.2, 0.25) is 0 Å². The van der Waals surface area contributed by atoms with Crippen molar-refractivity contribution in [3.63, 3.8) is 0 Å². The van der Waals surface area contributed by atoms with Gasteiger partial charge in [-0.05, 0) is 55.8 Å². The van der Waals surface area contributed by atoms with Gasteiger partial charge in [-0.15, -0.1) is 0 Å². The van der Waals surface area contributed by atoms with Crippen molar-refractivity contribution in [1.82, 2.24) is 10.6 Å². The minimum absolute atomic E-state index is 0.285. The lowest BCUT2D eigenvalue weighted by Gasteiger charge is -2.17. The third kappa shape index (κ3) is 6.80. The van der Waals surface area contributed by atoms with Crippen LogP contribution < -0.4 is 15.4 Å². The van der Waals surface area contributed by atoms with Gasteiger partial charge in [0, 0.05) is 17.1 Å². The number of benzene rings is 2. The fourth-order valence-electron chi connectivity index (χ4n) is 2.35. The van der Waals surface area contributed by atoms with Crippen LogP contribution in [-0.2, 0) is 20.9 Å². The highest BCUT2D eigenvalue weighted by Gasteiger charge is 2.23. The molecule has 0 spiro atoms. The topological polar surface area (TPSA) is 93.7 Å². The van der Waals surface area contributed by atoms with Crippen LogP contribution in [0.5, 0.6) is 5.75 Å². The number of carbonyl (C=O) groups excluding carboxylic acids is 3. The summed E-state index contributed by atoms with van der Waals surface area (Å²) in [6.45, 7) is 3.24. The van der Waals surface area contributed by atoms with Crippen LogP contribution in [0, 0.1) is 0 Å². The number of ether oxygens (including phenoxy) is 2. The first-order chi connectivity index (χ1) is 13.8. The zero-order valence-electron chi connectivity index (χ0n) is 16.4. The normalized spacial score (nSPS) is 12.4. The van der Waals surface area contributed by atoms with Gasteiger partial charge in [-0.2, -0.15) is 0 Å². The summed E-state index contributed by atoms with van der Waals surface area (Å²) in [5.74, 6) is -0.871. The molecule has 2 aromatic rings. The predicted octanol–water partition coefficient (Wildman–Crippen LogP) is 2.72. The Morgan fingerprint density at radius 3 is 2.21 bits per heavy atom. The molecule has 2 rings (SSSR count). The van der Waals surface area contributed by atoms with E-state index in [1.165, 1.54) is 13.8 Å². The van der Waals surface area contributed by atoms with Crippen LogP contribution in [0.2, 0.25) is 5.02 Å². The number of amides is 2. The van der Waals surface area contributed by atoms with Crippen molar-refractivity contribution in [2.45, 2.75) is 32.5 Å². The Balaban J connectivity index is 1.80. The SMILES string of the molecule is COc1ccc(CNC(=O)[C@@H](C)OC(=O)[C@H](C)NC(=O)c2ccc(Cl)cc2)cc1. The van der Waals surface area contributed by atoms with Crippen molar-refractivity contribution < 1.29 is 23.9 Å². The van der Waals surface area contributed by atoms with Gasteiger partial charge in [-0.25, -0.2) is 4.79 Å². The summed E-state index contributed by atoms with van der Waals surface area (Å²) in [4.78, 5) is 36.5. The molecular formula is C21H23ClN2O5. The molecule has 2 N–H and O–H groups in total. The maximum atomic E-state index is 12.2. The highest BCUT2D eigenvalue weighted by atomic mass is 35.5. The lowest BCUT2D eigenvalue weighted by Crippen LogP contribution is -2.43. The Kier molecular flexibility index (Phi) is 8.03. The monoisotopic (exact) mass is 418 g/mol. The van der Waals surface area contributed by atoms with Gasteiger partial charge >= 0.3 is 5.97 Å². The fourth-order valence-corrected chi connectivity index (χ4v) is 2.47. The van der Waals surface area contributed by atoms with Gasteiger partial charge < -0.3 is 20.1 Å². The van der Waals surface area contributed by atoms with Gasteiger partial charge in [0.05, 0.1) is 7.11 Å². The van der Waals surface area contributed by atoms with Crippen molar-refractivity contribution in [3.05, 3.63) is 64.7 Å². The predicted molar refractivity (Wildman–Crippen MR) is 109 cm³/mol. The summed E-state index contributed by atoms with van der Waals surface area (Å²) in [5, 5.41) is 5.73. The standard InChI is InChI=1S/C21H23ClN2O5/c1-13(24-20(26)16-6-8-17(22)9-7-16)21(27)29-14(2)19(25)23-12-15-4-10-18(28-3)11-5-15/h4-11,13-14H,12H2,1-3H3,(H,23,25)(H,24,26)/t13-,14+/m0/s1. The van der Waals surface area contributed by atoms with E-state index in [0.29, 0.717) is 10.6 Å². The van der Waals surface area contributed by atoms with Crippen molar-refractivity contribution in [1.29, 1.82) is 0 Å². The highest BCUT2D eigenvalue weighted by molar-refractivity contribution is 6.30. The maximum Gasteiger partial charge on any atom is 0.329 e. The Bertz CT molecular complexity index is 852. The molecule has 7 nitrogen and oxygen atoms in total. The number of halogens is 1. The minimum Gasteiger partial charge on any atom is -0.497 e. The molecule has 0 saturated carbocycles. The molecular weight excluding hydrogens is 396 g/mol. The van der Waals surface area contributed by atoms with Gasteiger partial charge in [0.25, 0.3) is 11.8 Å². The molecule has 0 aliphatic carbocycles. The number of hydrogen-bond acceptors (Lipinski definition) is 5. The summed E-state index contributed by atoms with van der Waals surface area (Å²) in [6, 6.07) is 12.6. The summed E-state index contributed by atoms with van der Waals surface area (Å²) < 4.78 is 10.2. The molecule has 0 bridgehead atoms. The van der Waals surface area contributed by atoms with Crippen LogP contribution in [-0.4, -0.2) is 37.0 Å². The van der Waals surface area contributed by atoms with Gasteiger partial charge in [-0.1, -0.05) is 23.7 Å². The lowest BCUT2D eigenvalue weighted by atomic mass is 10.2. The van der Waals surface area contributed by atoms with E-state index in [9.17, 15) is 14.4 Å². The maximum absolute atomic E-state index is 12.2. The Morgan fingerprint density at radius 2 is 1.62 bits per heavy atom. The molecule has 154 valence electrons. The van der Waals surface area contributed by atoms with Crippen LogP contribution in [0.4, 0.5) is 0 Å². The summed E-state index contributed by atoms with van der Waals surface area (Å²) in [6.07, 6.45) is -1.00. The van der Waals surface area contributed by atoms with E-state index >= 15 is 0 Å². The molecule has 2 amide bonds. The summed E-state index contributed by atoms with van der Waals surface area (Å²) >= 11 is 5.79. The van der Waals surface area contributed by atoms with Crippen molar-refractivity contribution in [2.75, 3.05) is 7.11 Å². The first-order valence-corrected chi connectivity index (χ1v) is 9.35. The third-order valence-electron chi connectivity index (χ3n) is 4.10. The average Bonchev–Trinajstić information content (AvgIpc) is 2.72. The van der Waals surface area contributed by atoms with Crippen molar-refractivity contribution >= 4 is 29.4 Å². The second kappa shape index (κ2) is 10.5. The second-order valence-corrected chi connectivity index (χ2v) is 6.78. The second-order valence-electron chi connectivity index (χ2n) is 6.35. The van der Waals surface area contributed by atoms with Gasteiger partial charge in [0.15, 0.2) is 6.10 Å². The number of rotatable bonds is 8. The Hall–Kier alpha value is -3.06. The molecule has 29 heavy (non-hydrogen) atoms. The van der Waals surface area contributed by atoms with Crippen LogP contribution in [0.15, 0.2) is 48.5 Å².